The molecule has 170 valence electrons. The average Bonchev–Trinajstić information content (AvgIpc) is 3.52. The van der Waals surface area contributed by atoms with E-state index < -0.39 is 0 Å². The van der Waals surface area contributed by atoms with Gasteiger partial charge in [-0.15, -0.1) is 11.3 Å². The van der Waals surface area contributed by atoms with Crippen molar-refractivity contribution in [1.29, 1.82) is 0 Å². The number of hydrogen-bond acceptors (Lipinski definition) is 6. The Labute approximate surface area is 196 Å². The van der Waals surface area contributed by atoms with E-state index in [2.05, 4.69) is 37.4 Å². The Balaban J connectivity index is 1.60. The lowest BCUT2D eigenvalue weighted by Crippen LogP contribution is -2.22. The second kappa shape index (κ2) is 8.82. The van der Waals surface area contributed by atoms with Gasteiger partial charge in [0.15, 0.2) is 11.5 Å². The van der Waals surface area contributed by atoms with Gasteiger partial charge >= 0.3 is 0 Å². The molecule has 4 aromatic heterocycles. The van der Waals surface area contributed by atoms with Gasteiger partial charge < -0.3 is 10.6 Å². The van der Waals surface area contributed by atoms with E-state index in [9.17, 15) is 4.79 Å². The largest absolute Gasteiger partial charge is 0.352 e. The van der Waals surface area contributed by atoms with Crippen LogP contribution in [0.25, 0.3) is 22.5 Å². The molecular weight excluding hydrogens is 434 g/mol. The van der Waals surface area contributed by atoms with Crippen molar-refractivity contribution in [2.24, 2.45) is 7.05 Å². The van der Waals surface area contributed by atoms with E-state index in [0.717, 1.165) is 46.0 Å². The Hall–Kier alpha value is -3.46. The van der Waals surface area contributed by atoms with Crippen molar-refractivity contribution >= 4 is 39.3 Å². The summed E-state index contributed by atoms with van der Waals surface area (Å²) in [7, 11) is 1.91. The lowest BCUT2D eigenvalue weighted by Gasteiger charge is -2.15. The standard InChI is InChI=1S/C24H27N7OS/c1-4-25-24(32)21-15(2)10-20(33-21)29-22-23-26-12-19(17-11-27-30(3)13-17)31(23)14-18(28-22)16-8-6-5-7-9-16/h8,10-14H,4-7,9H2,1-3H3,(H,25,32)(H,28,29). The molecule has 0 aromatic carbocycles. The number of aryl methyl sites for hydroxylation is 2. The molecular formula is C24H27N7OS. The number of aromatic nitrogens is 5. The molecule has 0 fully saturated rings. The van der Waals surface area contributed by atoms with E-state index in [0.29, 0.717) is 17.2 Å². The van der Waals surface area contributed by atoms with Gasteiger partial charge in [-0.3, -0.25) is 13.9 Å². The minimum Gasteiger partial charge on any atom is -0.352 e. The number of hydrogen-bond donors (Lipinski definition) is 2. The molecule has 2 N–H and O–H groups in total. The van der Waals surface area contributed by atoms with Crippen LogP contribution in [0.3, 0.4) is 0 Å². The summed E-state index contributed by atoms with van der Waals surface area (Å²) in [6.07, 6.45) is 14.6. The summed E-state index contributed by atoms with van der Waals surface area (Å²) in [6, 6.07) is 1.99. The predicted octanol–water partition coefficient (Wildman–Crippen LogP) is 4.95. The van der Waals surface area contributed by atoms with Crippen LogP contribution in [-0.4, -0.2) is 36.6 Å². The van der Waals surface area contributed by atoms with Gasteiger partial charge in [-0.2, -0.15) is 5.10 Å². The highest BCUT2D eigenvalue weighted by Crippen LogP contribution is 2.33. The normalized spacial score (nSPS) is 13.8. The van der Waals surface area contributed by atoms with Crippen LogP contribution in [0.4, 0.5) is 10.8 Å². The number of imidazole rings is 1. The van der Waals surface area contributed by atoms with Crippen LogP contribution in [0.2, 0.25) is 0 Å². The fourth-order valence-corrected chi connectivity index (χ4v) is 5.18. The molecule has 0 unspecified atom stereocenters. The SMILES string of the molecule is CCNC(=O)c1sc(Nc2nc(C3=CCCCC3)cn3c(-c4cnn(C)c4)cnc23)cc1C. The first-order chi connectivity index (χ1) is 16.0. The van der Waals surface area contributed by atoms with Crippen molar-refractivity contribution in [3.63, 3.8) is 0 Å². The number of anilines is 2. The van der Waals surface area contributed by atoms with E-state index in [1.807, 2.05) is 45.6 Å². The van der Waals surface area contributed by atoms with Gasteiger partial charge in [0, 0.05) is 31.5 Å². The molecule has 1 aliphatic carbocycles. The first-order valence-electron chi connectivity index (χ1n) is 11.3. The van der Waals surface area contributed by atoms with Gasteiger partial charge in [0.2, 0.25) is 0 Å². The van der Waals surface area contributed by atoms with Crippen molar-refractivity contribution in [2.75, 3.05) is 11.9 Å². The highest BCUT2D eigenvalue weighted by Gasteiger charge is 2.19. The highest BCUT2D eigenvalue weighted by molar-refractivity contribution is 7.18. The quantitative estimate of drug-likeness (QED) is 0.424. The molecule has 0 atom stereocenters. The summed E-state index contributed by atoms with van der Waals surface area (Å²) in [5, 5.41) is 11.5. The highest BCUT2D eigenvalue weighted by atomic mass is 32.1. The van der Waals surface area contributed by atoms with Gasteiger partial charge in [0.05, 0.1) is 33.7 Å². The Morgan fingerprint density at radius 2 is 2.12 bits per heavy atom. The number of nitrogens with zero attached hydrogens (tertiary/aromatic N) is 5. The van der Waals surface area contributed by atoms with Gasteiger partial charge in [-0.1, -0.05) is 6.08 Å². The molecule has 8 nitrogen and oxygen atoms in total. The third-order valence-electron chi connectivity index (χ3n) is 5.82. The third-order valence-corrected chi connectivity index (χ3v) is 6.97. The fourth-order valence-electron chi connectivity index (χ4n) is 4.19. The number of thiophene rings is 1. The number of nitrogens with one attached hydrogen (secondary N) is 2. The lowest BCUT2D eigenvalue weighted by atomic mass is 9.97. The van der Waals surface area contributed by atoms with Crippen LogP contribution in [-0.2, 0) is 7.05 Å². The van der Waals surface area contributed by atoms with Crippen molar-refractivity contribution in [1.82, 2.24) is 29.5 Å². The van der Waals surface area contributed by atoms with Crippen molar-refractivity contribution in [3.05, 3.63) is 53.1 Å². The van der Waals surface area contributed by atoms with Gasteiger partial charge in [0.25, 0.3) is 5.91 Å². The maximum atomic E-state index is 12.4. The van der Waals surface area contributed by atoms with Crippen LogP contribution in [0.15, 0.2) is 36.9 Å². The molecule has 0 saturated heterocycles. The number of fused-ring (bicyclic) bond motifs is 1. The monoisotopic (exact) mass is 461 g/mol. The van der Waals surface area contributed by atoms with Crippen molar-refractivity contribution in [3.8, 4) is 11.3 Å². The van der Waals surface area contributed by atoms with E-state index in [4.69, 9.17) is 4.98 Å². The Morgan fingerprint density at radius 3 is 2.85 bits per heavy atom. The minimum absolute atomic E-state index is 0.0491. The van der Waals surface area contributed by atoms with Gasteiger partial charge in [0.1, 0.15) is 0 Å². The van der Waals surface area contributed by atoms with Crippen molar-refractivity contribution in [2.45, 2.75) is 39.5 Å². The molecule has 0 saturated carbocycles. The topological polar surface area (TPSA) is 89.1 Å². The summed E-state index contributed by atoms with van der Waals surface area (Å²) in [5.74, 6) is 0.629. The second-order valence-electron chi connectivity index (χ2n) is 8.30. The molecule has 0 bridgehead atoms. The number of allylic oxidation sites excluding steroid dienone is 2. The third kappa shape index (κ3) is 4.16. The fraction of sp³-hybridized carbons (Fsp3) is 0.333. The van der Waals surface area contributed by atoms with E-state index in [1.54, 1.807) is 4.68 Å². The molecule has 1 aliphatic rings. The summed E-state index contributed by atoms with van der Waals surface area (Å²) in [6.45, 7) is 4.47. The molecule has 5 rings (SSSR count). The zero-order valence-corrected chi connectivity index (χ0v) is 19.9. The van der Waals surface area contributed by atoms with Crippen molar-refractivity contribution < 1.29 is 4.79 Å². The zero-order chi connectivity index (χ0) is 22.9. The molecule has 33 heavy (non-hydrogen) atoms. The Bertz CT molecular complexity index is 1360. The molecule has 4 aromatic rings. The summed E-state index contributed by atoms with van der Waals surface area (Å²) in [4.78, 5) is 22.8. The number of carbonyl (C=O) groups excluding carboxylic acids is 1. The minimum atomic E-state index is -0.0491. The van der Waals surface area contributed by atoms with Gasteiger partial charge in [-0.05, 0) is 56.7 Å². The Kier molecular flexibility index (Phi) is 5.72. The van der Waals surface area contributed by atoms with Gasteiger partial charge in [-0.25, -0.2) is 9.97 Å². The molecule has 1 amide bonds. The van der Waals surface area contributed by atoms with Crippen LogP contribution in [0.5, 0.6) is 0 Å². The van der Waals surface area contributed by atoms with E-state index in [1.165, 1.54) is 29.8 Å². The molecule has 4 heterocycles. The van der Waals surface area contributed by atoms with E-state index in [-0.39, 0.29) is 5.91 Å². The molecule has 9 heteroatoms. The number of carbonyl (C=O) groups is 1. The molecule has 0 aliphatic heterocycles. The Morgan fingerprint density at radius 1 is 1.24 bits per heavy atom. The zero-order valence-electron chi connectivity index (χ0n) is 19.1. The number of rotatable bonds is 6. The van der Waals surface area contributed by atoms with Crippen LogP contribution < -0.4 is 10.6 Å². The van der Waals surface area contributed by atoms with Crippen LogP contribution in [0, 0.1) is 6.92 Å². The summed E-state index contributed by atoms with van der Waals surface area (Å²) >= 11 is 1.43. The average molecular weight is 462 g/mol. The smallest absolute Gasteiger partial charge is 0.261 e. The maximum absolute atomic E-state index is 12.4. The molecule has 0 spiro atoms. The summed E-state index contributed by atoms with van der Waals surface area (Å²) in [5.41, 5.74) is 5.85. The maximum Gasteiger partial charge on any atom is 0.261 e. The first kappa shape index (κ1) is 21.4. The summed E-state index contributed by atoms with van der Waals surface area (Å²) < 4.78 is 3.87. The van der Waals surface area contributed by atoms with Crippen LogP contribution >= 0.6 is 11.3 Å². The number of amides is 1. The predicted molar refractivity (Wildman–Crippen MR) is 132 cm³/mol. The first-order valence-corrected chi connectivity index (χ1v) is 12.1. The molecule has 0 radical (unpaired) electrons. The van der Waals surface area contributed by atoms with E-state index >= 15 is 0 Å². The van der Waals surface area contributed by atoms with Crippen LogP contribution in [0.1, 0.15) is 53.5 Å². The lowest BCUT2D eigenvalue weighted by molar-refractivity contribution is 0.0959. The second-order valence-corrected chi connectivity index (χ2v) is 9.35.